The Kier molecular flexibility index (Phi) is 4.17. The van der Waals surface area contributed by atoms with Crippen molar-refractivity contribution in [2.24, 2.45) is 5.92 Å². The van der Waals surface area contributed by atoms with Crippen LogP contribution in [0.1, 0.15) is 20.3 Å². The van der Waals surface area contributed by atoms with Crippen LogP contribution in [0.4, 0.5) is 0 Å². The van der Waals surface area contributed by atoms with E-state index in [2.05, 4.69) is 5.32 Å². The van der Waals surface area contributed by atoms with Crippen molar-refractivity contribution in [3.05, 3.63) is 0 Å². The van der Waals surface area contributed by atoms with Gasteiger partial charge in [0.1, 0.15) is 0 Å². The minimum atomic E-state index is -3.12. The lowest BCUT2D eigenvalue weighted by molar-refractivity contribution is -0.127. The van der Waals surface area contributed by atoms with E-state index in [1.165, 1.54) is 7.11 Å². The molecule has 5 unspecified atom stereocenters. The number of carbonyl (C=O) groups is 1. The van der Waals surface area contributed by atoms with Gasteiger partial charge in [0, 0.05) is 7.11 Å². The molecule has 1 N–H and O–H groups in total. The fourth-order valence-corrected chi connectivity index (χ4v) is 4.71. The Bertz CT molecular complexity index is 449. The summed E-state index contributed by atoms with van der Waals surface area (Å²) in [6.07, 6.45) is 0.152. The van der Waals surface area contributed by atoms with Gasteiger partial charge in [-0.2, -0.15) is 0 Å². The van der Waals surface area contributed by atoms with Crippen LogP contribution in [-0.4, -0.2) is 57.3 Å². The highest BCUT2D eigenvalue weighted by Gasteiger charge is 2.41. The first kappa shape index (κ1) is 14.7. The predicted molar refractivity (Wildman–Crippen MR) is 69.5 cm³/mol. The van der Waals surface area contributed by atoms with Crippen molar-refractivity contribution in [2.45, 2.75) is 44.6 Å². The van der Waals surface area contributed by atoms with Gasteiger partial charge in [0.05, 0.1) is 41.8 Å². The highest BCUT2D eigenvalue weighted by molar-refractivity contribution is 7.91. The maximum Gasteiger partial charge on any atom is 0.226 e. The number of nitrogens with one attached hydrogen (secondary N) is 1. The van der Waals surface area contributed by atoms with Gasteiger partial charge in [-0.25, -0.2) is 8.42 Å². The van der Waals surface area contributed by atoms with E-state index in [9.17, 15) is 13.2 Å². The molecule has 19 heavy (non-hydrogen) atoms. The standard InChI is InChI=1S/C12H21NO5S/c1-7-4-9(8(2)18-7)12(14)13-10-5-19(15,16)6-11(10)17-3/h7-11H,4-6H2,1-3H3,(H,13,14). The number of hydrogen-bond donors (Lipinski definition) is 1. The van der Waals surface area contributed by atoms with Crippen molar-refractivity contribution in [3.8, 4) is 0 Å². The minimum Gasteiger partial charge on any atom is -0.378 e. The average Bonchev–Trinajstić information content (AvgIpc) is 2.78. The second kappa shape index (κ2) is 5.38. The number of carbonyl (C=O) groups excluding carboxylic acids is 1. The molecule has 0 aliphatic carbocycles. The summed E-state index contributed by atoms with van der Waals surface area (Å²) in [4.78, 5) is 12.2. The van der Waals surface area contributed by atoms with Gasteiger partial charge in [0.25, 0.3) is 0 Å². The molecule has 1 amide bonds. The highest BCUT2D eigenvalue weighted by atomic mass is 32.2. The van der Waals surface area contributed by atoms with E-state index in [1.54, 1.807) is 0 Å². The van der Waals surface area contributed by atoms with Crippen molar-refractivity contribution < 1.29 is 22.7 Å². The molecule has 110 valence electrons. The SMILES string of the molecule is COC1CS(=O)(=O)CC1NC(=O)C1CC(C)OC1C. The van der Waals surface area contributed by atoms with E-state index in [0.29, 0.717) is 6.42 Å². The third-order valence-electron chi connectivity index (χ3n) is 3.87. The summed E-state index contributed by atoms with van der Waals surface area (Å²) in [6, 6.07) is -0.453. The third kappa shape index (κ3) is 3.27. The first-order chi connectivity index (χ1) is 8.82. The fraction of sp³-hybridized carbons (Fsp3) is 0.917. The number of rotatable bonds is 3. The molecule has 2 heterocycles. The van der Waals surface area contributed by atoms with Crippen LogP contribution in [-0.2, 0) is 24.1 Å². The van der Waals surface area contributed by atoms with E-state index in [4.69, 9.17) is 9.47 Å². The zero-order chi connectivity index (χ0) is 14.2. The van der Waals surface area contributed by atoms with E-state index in [1.807, 2.05) is 13.8 Å². The molecule has 0 aromatic rings. The Morgan fingerprint density at radius 3 is 2.53 bits per heavy atom. The highest BCUT2D eigenvalue weighted by Crippen LogP contribution is 2.26. The van der Waals surface area contributed by atoms with Crippen LogP contribution in [0.2, 0.25) is 0 Å². The number of ether oxygens (including phenoxy) is 2. The summed E-state index contributed by atoms with van der Waals surface area (Å²) >= 11 is 0. The van der Waals surface area contributed by atoms with Crippen LogP contribution in [0.25, 0.3) is 0 Å². The van der Waals surface area contributed by atoms with Crippen LogP contribution in [0.3, 0.4) is 0 Å². The zero-order valence-electron chi connectivity index (χ0n) is 11.5. The van der Waals surface area contributed by atoms with Gasteiger partial charge < -0.3 is 14.8 Å². The lowest BCUT2D eigenvalue weighted by Crippen LogP contribution is -2.47. The Morgan fingerprint density at radius 1 is 1.32 bits per heavy atom. The van der Waals surface area contributed by atoms with Crippen LogP contribution >= 0.6 is 0 Å². The summed E-state index contributed by atoms with van der Waals surface area (Å²) in [7, 11) is -1.65. The molecule has 0 aromatic heterocycles. The van der Waals surface area contributed by atoms with Crippen molar-refractivity contribution in [1.82, 2.24) is 5.32 Å². The first-order valence-electron chi connectivity index (χ1n) is 6.51. The minimum absolute atomic E-state index is 0.0262. The lowest BCUT2D eigenvalue weighted by Gasteiger charge is -2.21. The van der Waals surface area contributed by atoms with Crippen molar-refractivity contribution in [1.29, 1.82) is 0 Å². The molecule has 2 aliphatic heterocycles. The van der Waals surface area contributed by atoms with Crippen LogP contribution in [0, 0.1) is 5.92 Å². The molecule has 5 atom stereocenters. The Hall–Kier alpha value is -0.660. The van der Waals surface area contributed by atoms with Crippen LogP contribution < -0.4 is 5.32 Å². The molecule has 0 saturated carbocycles. The monoisotopic (exact) mass is 291 g/mol. The fourth-order valence-electron chi connectivity index (χ4n) is 2.86. The molecule has 2 rings (SSSR count). The molecule has 2 aliphatic rings. The normalized spacial score (nSPS) is 41.3. The lowest BCUT2D eigenvalue weighted by atomic mass is 9.99. The molecule has 2 fully saturated rings. The average molecular weight is 291 g/mol. The Morgan fingerprint density at radius 2 is 2.00 bits per heavy atom. The summed E-state index contributed by atoms with van der Waals surface area (Å²) in [5.41, 5.74) is 0. The summed E-state index contributed by atoms with van der Waals surface area (Å²) in [5, 5.41) is 2.81. The van der Waals surface area contributed by atoms with Crippen molar-refractivity contribution in [2.75, 3.05) is 18.6 Å². The molecule has 2 saturated heterocycles. The molecule has 7 heteroatoms. The maximum atomic E-state index is 12.2. The van der Waals surface area contributed by atoms with Crippen molar-refractivity contribution >= 4 is 15.7 Å². The van der Waals surface area contributed by atoms with Crippen molar-refractivity contribution in [3.63, 3.8) is 0 Å². The largest absolute Gasteiger partial charge is 0.378 e. The Labute approximate surface area is 113 Å². The van der Waals surface area contributed by atoms with Gasteiger partial charge in [-0.05, 0) is 20.3 Å². The van der Waals surface area contributed by atoms with Gasteiger partial charge in [-0.3, -0.25) is 4.79 Å². The molecular weight excluding hydrogens is 270 g/mol. The van der Waals surface area contributed by atoms with Gasteiger partial charge >= 0.3 is 0 Å². The smallest absolute Gasteiger partial charge is 0.226 e. The van der Waals surface area contributed by atoms with E-state index >= 15 is 0 Å². The summed E-state index contributed by atoms with van der Waals surface area (Å²) in [6.45, 7) is 3.80. The van der Waals surface area contributed by atoms with E-state index in [-0.39, 0.29) is 35.5 Å². The van der Waals surface area contributed by atoms with E-state index < -0.39 is 22.0 Å². The number of amides is 1. The molecule has 0 radical (unpaired) electrons. The van der Waals surface area contributed by atoms with Gasteiger partial charge in [-0.1, -0.05) is 0 Å². The topological polar surface area (TPSA) is 81.7 Å². The third-order valence-corrected chi connectivity index (χ3v) is 5.57. The number of methoxy groups -OCH3 is 1. The summed E-state index contributed by atoms with van der Waals surface area (Å²) in [5.74, 6) is -0.423. The molecular formula is C12H21NO5S. The zero-order valence-corrected chi connectivity index (χ0v) is 12.3. The quantitative estimate of drug-likeness (QED) is 0.774. The van der Waals surface area contributed by atoms with Gasteiger partial charge in [0.2, 0.25) is 5.91 Å². The van der Waals surface area contributed by atoms with Gasteiger partial charge in [0.15, 0.2) is 9.84 Å². The van der Waals surface area contributed by atoms with E-state index in [0.717, 1.165) is 0 Å². The molecule has 0 spiro atoms. The molecule has 0 aromatic carbocycles. The number of sulfone groups is 1. The van der Waals surface area contributed by atoms with Crippen LogP contribution in [0.15, 0.2) is 0 Å². The van der Waals surface area contributed by atoms with Gasteiger partial charge in [-0.15, -0.1) is 0 Å². The maximum absolute atomic E-state index is 12.2. The Balaban J connectivity index is 1.99. The second-order valence-corrected chi connectivity index (χ2v) is 7.61. The predicted octanol–water partition coefficient (Wildman–Crippen LogP) is -0.272. The molecule has 0 bridgehead atoms. The molecule has 6 nitrogen and oxygen atoms in total. The summed E-state index contributed by atoms with van der Waals surface area (Å²) < 4.78 is 33.8. The number of hydrogen-bond acceptors (Lipinski definition) is 5. The van der Waals surface area contributed by atoms with Crippen LogP contribution in [0.5, 0.6) is 0 Å². The first-order valence-corrected chi connectivity index (χ1v) is 8.33. The second-order valence-electron chi connectivity index (χ2n) is 5.46.